The first-order valence-electron chi connectivity index (χ1n) is 6.61. The summed E-state index contributed by atoms with van der Waals surface area (Å²) in [5, 5.41) is 9.18. The number of aliphatic hydroxyl groups is 1. The Morgan fingerprint density at radius 1 is 1.47 bits per heavy atom. The van der Waals surface area contributed by atoms with E-state index in [9.17, 15) is 5.11 Å². The molecule has 0 spiro atoms. The van der Waals surface area contributed by atoms with E-state index in [2.05, 4.69) is 28.1 Å². The van der Waals surface area contributed by atoms with E-state index in [0.717, 1.165) is 30.7 Å². The second-order valence-corrected chi connectivity index (χ2v) is 5.05. The number of hydrogen-bond donors (Lipinski definition) is 1. The molecule has 1 aromatic heterocycles. The van der Waals surface area contributed by atoms with Crippen molar-refractivity contribution in [3.8, 4) is 0 Å². The number of rotatable bonds is 3. The van der Waals surface area contributed by atoms with Gasteiger partial charge in [-0.2, -0.15) is 0 Å². The van der Waals surface area contributed by atoms with Gasteiger partial charge in [0.25, 0.3) is 0 Å². The molecule has 1 N–H and O–H groups in total. The molecular weight excluding hydrogens is 242 g/mol. The molecule has 5 heteroatoms. The van der Waals surface area contributed by atoms with E-state index in [1.165, 1.54) is 5.56 Å². The normalized spacial score (nSPS) is 21.1. The van der Waals surface area contributed by atoms with Crippen molar-refractivity contribution < 1.29 is 9.84 Å². The fourth-order valence-electron chi connectivity index (χ4n) is 2.62. The minimum Gasteiger partial charge on any atom is -0.394 e. The molecule has 1 aliphatic heterocycles. The molecule has 3 rings (SSSR count). The molecule has 0 amide bonds. The van der Waals surface area contributed by atoms with Crippen LogP contribution < -0.4 is 0 Å². The zero-order valence-electron chi connectivity index (χ0n) is 11.1. The fraction of sp³-hybridized carbons (Fsp3) is 0.500. The summed E-state index contributed by atoms with van der Waals surface area (Å²) < 4.78 is 7.51. The van der Waals surface area contributed by atoms with E-state index < -0.39 is 0 Å². The van der Waals surface area contributed by atoms with Crippen molar-refractivity contribution in [2.24, 2.45) is 7.05 Å². The average Bonchev–Trinajstić information content (AvgIpc) is 2.82. The molecule has 5 nitrogen and oxygen atoms in total. The first-order valence-corrected chi connectivity index (χ1v) is 6.61. The van der Waals surface area contributed by atoms with E-state index in [-0.39, 0.29) is 12.7 Å². The van der Waals surface area contributed by atoms with Crippen LogP contribution in [0.4, 0.5) is 0 Å². The van der Waals surface area contributed by atoms with E-state index in [1.54, 1.807) is 0 Å². The predicted octanol–water partition coefficient (Wildman–Crippen LogP) is 0.766. The Bertz CT molecular complexity index is 567. The lowest BCUT2D eigenvalue weighted by atomic mass is 10.1. The first-order chi connectivity index (χ1) is 9.28. The van der Waals surface area contributed by atoms with Gasteiger partial charge in [0.1, 0.15) is 0 Å². The average molecular weight is 261 g/mol. The van der Waals surface area contributed by atoms with Crippen LogP contribution in [0.5, 0.6) is 0 Å². The van der Waals surface area contributed by atoms with Crippen molar-refractivity contribution in [1.82, 2.24) is 14.5 Å². The number of aromatic nitrogens is 2. The third-order valence-electron chi connectivity index (χ3n) is 3.66. The maximum Gasteiger partial charge on any atom is 0.0955 e. The number of aliphatic hydroxyl groups excluding tert-OH is 1. The molecule has 2 heterocycles. The maximum atomic E-state index is 9.18. The molecule has 1 aliphatic rings. The molecule has 1 aromatic carbocycles. The van der Waals surface area contributed by atoms with Gasteiger partial charge in [-0.25, -0.2) is 4.98 Å². The molecule has 0 unspecified atom stereocenters. The minimum atomic E-state index is -0.0586. The van der Waals surface area contributed by atoms with E-state index in [4.69, 9.17) is 4.74 Å². The van der Waals surface area contributed by atoms with Crippen molar-refractivity contribution in [1.29, 1.82) is 0 Å². The number of ether oxygens (including phenoxy) is 1. The van der Waals surface area contributed by atoms with Crippen molar-refractivity contribution in [3.05, 3.63) is 30.1 Å². The van der Waals surface area contributed by atoms with E-state index in [1.807, 2.05) is 17.9 Å². The van der Waals surface area contributed by atoms with Gasteiger partial charge in [-0.15, -0.1) is 0 Å². The van der Waals surface area contributed by atoms with Gasteiger partial charge in [0, 0.05) is 26.7 Å². The summed E-state index contributed by atoms with van der Waals surface area (Å²) in [4.78, 5) is 6.79. The highest BCUT2D eigenvalue weighted by atomic mass is 16.5. The number of nitrogens with zero attached hydrogens (tertiary/aromatic N) is 3. The molecule has 102 valence electrons. The summed E-state index contributed by atoms with van der Waals surface area (Å²) in [6.07, 6.45) is 1.79. The lowest BCUT2D eigenvalue weighted by Gasteiger charge is -2.32. The zero-order chi connectivity index (χ0) is 13.2. The van der Waals surface area contributed by atoms with Gasteiger partial charge in [0.15, 0.2) is 0 Å². The van der Waals surface area contributed by atoms with Gasteiger partial charge in [-0.1, -0.05) is 12.1 Å². The van der Waals surface area contributed by atoms with Gasteiger partial charge in [-0.05, 0) is 11.6 Å². The second kappa shape index (κ2) is 5.28. The van der Waals surface area contributed by atoms with Crippen molar-refractivity contribution in [3.63, 3.8) is 0 Å². The molecule has 0 bridgehead atoms. The van der Waals surface area contributed by atoms with Crippen LogP contribution in [-0.2, 0) is 18.3 Å². The maximum absolute atomic E-state index is 9.18. The highest BCUT2D eigenvalue weighted by Gasteiger charge is 2.20. The standard InChI is InChI=1S/C14H19N3O2/c1-16-10-15-14-11(3-2-4-13(14)16)7-17-5-6-19-12(8-17)9-18/h2-4,10,12,18H,5-9H2,1H3/t12-/m1/s1. The van der Waals surface area contributed by atoms with Crippen LogP contribution >= 0.6 is 0 Å². The summed E-state index contributed by atoms with van der Waals surface area (Å²) >= 11 is 0. The monoisotopic (exact) mass is 261 g/mol. The lowest BCUT2D eigenvalue weighted by Crippen LogP contribution is -2.43. The number of imidazole rings is 1. The molecule has 0 saturated carbocycles. The number of hydrogen-bond acceptors (Lipinski definition) is 4. The number of benzene rings is 1. The molecule has 1 saturated heterocycles. The van der Waals surface area contributed by atoms with Crippen molar-refractivity contribution >= 4 is 11.0 Å². The zero-order valence-corrected chi connectivity index (χ0v) is 11.1. The third-order valence-corrected chi connectivity index (χ3v) is 3.66. The Kier molecular flexibility index (Phi) is 3.50. The van der Waals surface area contributed by atoms with E-state index in [0.29, 0.717) is 6.61 Å². The van der Waals surface area contributed by atoms with Crippen LogP contribution in [0.2, 0.25) is 0 Å². The topological polar surface area (TPSA) is 50.5 Å². The Morgan fingerprint density at radius 3 is 3.21 bits per heavy atom. The van der Waals surface area contributed by atoms with Crippen molar-refractivity contribution in [2.45, 2.75) is 12.6 Å². The number of morpholine rings is 1. The molecule has 2 aromatic rings. The van der Waals surface area contributed by atoms with Gasteiger partial charge < -0.3 is 14.4 Å². The van der Waals surface area contributed by atoms with Gasteiger partial charge in [-0.3, -0.25) is 4.90 Å². The largest absolute Gasteiger partial charge is 0.394 e. The summed E-state index contributed by atoms with van der Waals surface area (Å²) in [5.41, 5.74) is 3.46. The smallest absolute Gasteiger partial charge is 0.0955 e. The predicted molar refractivity (Wildman–Crippen MR) is 72.8 cm³/mol. The van der Waals surface area contributed by atoms with Crippen LogP contribution in [0, 0.1) is 0 Å². The van der Waals surface area contributed by atoms with Crippen molar-refractivity contribution in [2.75, 3.05) is 26.3 Å². The van der Waals surface area contributed by atoms with Crippen LogP contribution in [0.1, 0.15) is 5.56 Å². The Labute approximate surface area is 112 Å². The van der Waals surface area contributed by atoms with E-state index >= 15 is 0 Å². The van der Waals surface area contributed by atoms with Gasteiger partial charge in [0.05, 0.1) is 36.7 Å². The molecule has 0 radical (unpaired) electrons. The quantitative estimate of drug-likeness (QED) is 0.886. The minimum absolute atomic E-state index is 0.0586. The number of aryl methyl sites for hydroxylation is 1. The Morgan fingerprint density at radius 2 is 2.37 bits per heavy atom. The Balaban J connectivity index is 1.81. The Hall–Kier alpha value is -1.43. The van der Waals surface area contributed by atoms with Crippen LogP contribution in [0.25, 0.3) is 11.0 Å². The van der Waals surface area contributed by atoms with Crippen LogP contribution in [0.3, 0.4) is 0 Å². The molecule has 0 aliphatic carbocycles. The highest BCUT2D eigenvalue weighted by molar-refractivity contribution is 5.78. The molecular formula is C14H19N3O2. The lowest BCUT2D eigenvalue weighted by molar-refractivity contribution is -0.0550. The SMILES string of the molecule is Cn1cnc2c(CN3CCO[C@@H](CO)C3)cccc21. The van der Waals surface area contributed by atoms with Crippen LogP contribution in [-0.4, -0.2) is 52.0 Å². The van der Waals surface area contributed by atoms with Gasteiger partial charge >= 0.3 is 0 Å². The molecule has 1 fully saturated rings. The highest BCUT2D eigenvalue weighted by Crippen LogP contribution is 2.19. The summed E-state index contributed by atoms with van der Waals surface area (Å²) in [7, 11) is 2.01. The first kappa shape index (κ1) is 12.6. The summed E-state index contributed by atoms with van der Waals surface area (Å²) in [5.74, 6) is 0. The van der Waals surface area contributed by atoms with Crippen LogP contribution in [0.15, 0.2) is 24.5 Å². The number of fused-ring (bicyclic) bond motifs is 1. The third kappa shape index (κ3) is 2.49. The van der Waals surface area contributed by atoms with Gasteiger partial charge in [0.2, 0.25) is 0 Å². The molecule has 1 atom stereocenters. The molecule has 19 heavy (non-hydrogen) atoms. The number of para-hydroxylation sites is 1. The fourth-order valence-corrected chi connectivity index (χ4v) is 2.62. The summed E-state index contributed by atoms with van der Waals surface area (Å²) in [6, 6.07) is 6.28. The summed E-state index contributed by atoms with van der Waals surface area (Å²) in [6.45, 7) is 3.31. The second-order valence-electron chi connectivity index (χ2n) is 5.05.